The lowest BCUT2D eigenvalue weighted by atomic mass is 10.2. The second kappa shape index (κ2) is 12.6. The summed E-state index contributed by atoms with van der Waals surface area (Å²) in [5.41, 5.74) is 2.27. The molecule has 8 heteroatoms. The maximum Gasteiger partial charge on any atom is 0.286 e. The summed E-state index contributed by atoms with van der Waals surface area (Å²) in [5.74, 6) is 2.45. The summed E-state index contributed by atoms with van der Waals surface area (Å²) in [5, 5.41) is 3.49. The van der Waals surface area contributed by atoms with Gasteiger partial charge in [-0.1, -0.05) is 61.2 Å². The molecule has 0 bridgehead atoms. The SMILES string of the molecule is CCNC(=O)c1ccc(CSc2nc(CC)cc(N3CCN(C/C=C/c4ccccc4)CC3)n2)o1. The van der Waals surface area contributed by atoms with Crippen molar-refractivity contribution in [2.24, 2.45) is 0 Å². The largest absolute Gasteiger partial charge is 0.455 e. The van der Waals surface area contributed by atoms with Crippen LogP contribution in [0.3, 0.4) is 0 Å². The van der Waals surface area contributed by atoms with Gasteiger partial charge < -0.3 is 14.6 Å². The first kappa shape index (κ1) is 25.0. The molecule has 4 rings (SSSR count). The average Bonchev–Trinajstić information content (AvgIpc) is 3.38. The zero-order chi connectivity index (χ0) is 24.5. The number of amides is 1. The van der Waals surface area contributed by atoms with E-state index in [1.807, 2.05) is 19.1 Å². The van der Waals surface area contributed by atoms with E-state index in [4.69, 9.17) is 14.4 Å². The maximum atomic E-state index is 11.9. The third-order valence-electron chi connectivity index (χ3n) is 5.84. The van der Waals surface area contributed by atoms with Gasteiger partial charge >= 0.3 is 0 Å². The Hall–Kier alpha value is -3.10. The van der Waals surface area contributed by atoms with Gasteiger partial charge in [0.1, 0.15) is 11.6 Å². The van der Waals surface area contributed by atoms with Crippen LogP contribution < -0.4 is 10.2 Å². The fourth-order valence-electron chi connectivity index (χ4n) is 3.89. The van der Waals surface area contributed by atoms with Crippen molar-refractivity contribution in [3.8, 4) is 0 Å². The molecule has 3 heterocycles. The molecule has 0 saturated carbocycles. The molecule has 1 amide bonds. The molecule has 3 aromatic rings. The minimum Gasteiger partial charge on any atom is -0.455 e. The number of aryl methyl sites for hydroxylation is 1. The first-order valence-electron chi connectivity index (χ1n) is 12.2. The van der Waals surface area contributed by atoms with Crippen LogP contribution in [0.1, 0.15) is 41.4 Å². The van der Waals surface area contributed by atoms with Gasteiger partial charge in [0.15, 0.2) is 10.9 Å². The molecule has 2 aromatic heterocycles. The number of rotatable bonds is 10. The number of hydrogen-bond acceptors (Lipinski definition) is 7. The molecule has 0 unspecified atom stereocenters. The van der Waals surface area contributed by atoms with Crippen molar-refractivity contribution in [3.63, 3.8) is 0 Å². The summed E-state index contributed by atoms with van der Waals surface area (Å²) in [7, 11) is 0. The number of piperazine rings is 1. The number of furan rings is 1. The lowest BCUT2D eigenvalue weighted by Crippen LogP contribution is -2.46. The van der Waals surface area contributed by atoms with E-state index in [1.165, 1.54) is 17.3 Å². The van der Waals surface area contributed by atoms with Crippen LogP contribution in [0.25, 0.3) is 6.08 Å². The molecule has 1 N–H and O–H groups in total. The summed E-state index contributed by atoms with van der Waals surface area (Å²) in [6.45, 7) is 9.41. The van der Waals surface area contributed by atoms with Gasteiger partial charge in [0.05, 0.1) is 5.75 Å². The van der Waals surface area contributed by atoms with Crippen LogP contribution in [0.2, 0.25) is 0 Å². The highest BCUT2D eigenvalue weighted by atomic mass is 32.2. The van der Waals surface area contributed by atoms with E-state index >= 15 is 0 Å². The van der Waals surface area contributed by atoms with Gasteiger partial charge in [0.2, 0.25) is 0 Å². The molecule has 7 nitrogen and oxygen atoms in total. The second-order valence-electron chi connectivity index (χ2n) is 8.37. The number of anilines is 1. The van der Waals surface area contributed by atoms with Crippen molar-refractivity contribution in [3.05, 3.63) is 77.4 Å². The van der Waals surface area contributed by atoms with Crippen molar-refractivity contribution in [2.75, 3.05) is 44.2 Å². The molecule has 1 aliphatic rings. The lowest BCUT2D eigenvalue weighted by molar-refractivity contribution is 0.0927. The lowest BCUT2D eigenvalue weighted by Gasteiger charge is -2.35. The van der Waals surface area contributed by atoms with Gasteiger partial charge in [0, 0.05) is 51.0 Å². The molecule has 0 radical (unpaired) electrons. The van der Waals surface area contributed by atoms with Crippen LogP contribution in [0, 0.1) is 0 Å². The van der Waals surface area contributed by atoms with Gasteiger partial charge in [-0.3, -0.25) is 9.69 Å². The molecule has 1 aromatic carbocycles. The number of nitrogens with zero attached hydrogens (tertiary/aromatic N) is 4. The van der Waals surface area contributed by atoms with E-state index in [-0.39, 0.29) is 5.91 Å². The summed E-state index contributed by atoms with van der Waals surface area (Å²) < 4.78 is 5.69. The average molecular weight is 492 g/mol. The normalized spacial score (nSPS) is 14.5. The van der Waals surface area contributed by atoms with E-state index in [9.17, 15) is 4.79 Å². The van der Waals surface area contributed by atoms with Crippen molar-refractivity contribution >= 4 is 29.6 Å². The van der Waals surface area contributed by atoms with E-state index in [2.05, 4.69) is 64.5 Å². The molecule has 1 fully saturated rings. The van der Waals surface area contributed by atoms with Crippen molar-refractivity contribution in [2.45, 2.75) is 31.2 Å². The fourth-order valence-corrected chi connectivity index (χ4v) is 4.66. The fraction of sp³-hybridized carbons (Fsp3) is 0.370. The van der Waals surface area contributed by atoms with Gasteiger partial charge in [-0.2, -0.15) is 0 Å². The van der Waals surface area contributed by atoms with Gasteiger partial charge in [0.25, 0.3) is 5.91 Å². The van der Waals surface area contributed by atoms with Crippen LogP contribution in [0.4, 0.5) is 5.82 Å². The van der Waals surface area contributed by atoms with Gasteiger partial charge in [-0.15, -0.1) is 0 Å². The van der Waals surface area contributed by atoms with Crippen LogP contribution in [0.15, 0.2) is 64.2 Å². The highest BCUT2D eigenvalue weighted by Gasteiger charge is 2.19. The summed E-state index contributed by atoms with van der Waals surface area (Å²) >= 11 is 1.54. The third-order valence-corrected chi connectivity index (χ3v) is 6.71. The molecular formula is C27H33N5O2S. The van der Waals surface area contributed by atoms with Crippen LogP contribution >= 0.6 is 11.8 Å². The molecule has 1 aliphatic heterocycles. The third kappa shape index (κ3) is 7.19. The molecule has 0 atom stereocenters. The van der Waals surface area contributed by atoms with E-state index in [1.54, 1.807) is 6.07 Å². The van der Waals surface area contributed by atoms with E-state index in [0.717, 1.165) is 61.6 Å². The minimum absolute atomic E-state index is 0.190. The Balaban J connectivity index is 1.32. The first-order chi connectivity index (χ1) is 17.1. The predicted molar refractivity (Wildman–Crippen MR) is 142 cm³/mol. The number of nitrogens with one attached hydrogen (secondary N) is 1. The monoisotopic (exact) mass is 491 g/mol. The first-order valence-corrected chi connectivity index (χ1v) is 13.2. The molecule has 184 valence electrons. The quantitative estimate of drug-likeness (QED) is 0.330. The Morgan fingerprint density at radius 3 is 2.63 bits per heavy atom. The highest BCUT2D eigenvalue weighted by molar-refractivity contribution is 7.98. The second-order valence-corrected chi connectivity index (χ2v) is 9.31. The standard InChI is InChI=1S/C27H33N5O2S/c1-3-22-19-25(30-27(29-22)35-20-23-12-13-24(34-23)26(33)28-4-2)32-17-15-31(16-18-32)14-8-11-21-9-6-5-7-10-21/h5-13,19H,3-4,14-18,20H2,1-2H3,(H,28,33)/b11-8+. The summed E-state index contributed by atoms with van der Waals surface area (Å²) in [4.78, 5) is 26.3. The van der Waals surface area contributed by atoms with E-state index in [0.29, 0.717) is 18.1 Å². The highest BCUT2D eigenvalue weighted by Crippen LogP contribution is 2.25. The zero-order valence-corrected chi connectivity index (χ0v) is 21.3. The Morgan fingerprint density at radius 2 is 1.89 bits per heavy atom. The van der Waals surface area contributed by atoms with Crippen LogP contribution in [-0.4, -0.2) is 60.0 Å². The van der Waals surface area contributed by atoms with Crippen molar-refractivity contribution in [1.82, 2.24) is 20.2 Å². The Labute approximate surface area is 211 Å². The molecule has 0 spiro atoms. The zero-order valence-electron chi connectivity index (χ0n) is 20.4. The predicted octanol–water partition coefficient (Wildman–Crippen LogP) is 4.51. The number of thioether (sulfide) groups is 1. The minimum atomic E-state index is -0.190. The Bertz CT molecular complexity index is 1120. The van der Waals surface area contributed by atoms with E-state index < -0.39 is 0 Å². The van der Waals surface area contributed by atoms with Crippen LogP contribution in [0.5, 0.6) is 0 Å². The summed E-state index contributed by atoms with van der Waals surface area (Å²) in [6.07, 6.45) is 5.28. The van der Waals surface area contributed by atoms with Gasteiger partial charge in [-0.25, -0.2) is 9.97 Å². The maximum absolute atomic E-state index is 11.9. The number of carbonyl (C=O) groups is 1. The number of benzene rings is 1. The molecule has 1 saturated heterocycles. The molecule has 35 heavy (non-hydrogen) atoms. The summed E-state index contributed by atoms with van der Waals surface area (Å²) in [6, 6.07) is 16.1. The number of aromatic nitrogens is 2. The van der Waals surface area contributed by atoms with Crippen molar-refractivity contribution < 1.29 is 9.21 Å². The van der Waals surface area contributed by atoms with Gasteiger partial charge in [-0.05, 0) is 31.0 Å². The molecular weight excluding hydrogens is 458 g/mol. The smallest absolute Gasteiger partial charge is 0.286 e. The molecule has 0 aliphatic carbocycles. The number of carbonyl (C=O) groups excluding carboxylic acids is 1. The Kier molecular flexibility index (Phi) is 8.97. The van der Waals surface area contributed by atoms with Crippen molar-refractivity contribution in [1.29, 1.82) is 0 Å². The van der Waals surface area contributed by atoms with Crippen LogP contribution in [-0.2, 0) is 12.2 Å². The Morgan fingerprint density at radius 1 is 1.09 bits per heavy atom. The topological polar surface area (TPSA) is 74.5 Å². The number of hydrogen-bond donors (Lipinski definition) is 1.